The summed E-state index contributed by atoms with van der Waals surface area (Å²) in [4.78, 5) is 25.4. The molecule has 1 saturated carbocycles. The normalized spacial score (nSPS) is 16.7. The van der Waals surface area contributed by atoms with Crippen LogP contribution in [0.25, 0.3) is 0 Å². The van der Waals surface area contributed by atoms with Gasteiger partial charge in [0, 0.05) is 17.6 Å². The standard InChI is InChI=1S/C20H30N2O2/c1-14-9-8-10-16(15(14)2)21-18(24)20(11-6-7-12-20)13-17(23)22-19(3,4)5/h8-10H,6-7,11-13H2,1-5H3,(H,21,24)(H,22,23). The fourth-order valence-corrected chi connectivity index (χ4v) is 3.45. The minimum atomic E-state index is -0.578. The van der Waals surface area contributed by atoms with Crippen molar-refractivity contribution in [1.82, 2.24) is 5.32 Å². The second-order valence-corrected chi connectivity index (χ2v) is 8.16. The maximum absolute atomic E-state index is 13.0. The summed E-state index contributed by atoms with van der Waals surface area (Å²) in [6.45, 7) is 9.93. The molecule has 132 valence electrons. The summed E-state index contributed by atoms with van der Waals surface area (Å²) in [6, 6.07) is 5.91. The second-order valence-electron chi connectivity index (χ2n) is 8.16. The van der Waals surface area contributed by atoms with Gasteiger partial charge in [0.15, 0.2) is 0 Å². The molecule has 2 rings (SSSR count). The Morgan fingerprint density at radius 3 is 2.33 bits per heavy atom. The van der Waals surface area contributed by atoms with Gasteiger partial charge in [-0.1, -0.05) is 25.0 Å². The van der Waals surface area contributed by atoms with Gasteiger partial charge < -0.3 is 10.6 Å². The molecule has 4 heteroatoms. The van der Waals surface area contributed by atoms with E-state index in [0.717, 1.165) is 42.5 Å². The van der Waals surface area contributed by atoms with Crippen LogP contribution in [0, 0.1) is 19.3 Å². The van der Waals surface area contributed by atoms with Crippen LogP contribution in [0.3, 0.4) is 0 Å². The number of benzene rings is 1. The van der Waals surface area contributed by atoms with E-state index in [9.17, 15) is 9.59 Å². The summed E-state index contributed by atoms with van der Waals surface area (Å²) in [6.07, 6.45) is 3.83. The van der Waals surface area contributed by atoms with Crippen molar-refractivity contribution in [2.45, 2.75) is 72.3 Å². The minimum absolute atomic E-state index is 0.0160. The van der Waals surface area contributed by atoms with E-state index in [2.05, 4.69) is 10.6 Å². The Kier molecular flexibility index (Phi) is 5.36. The van der Waals surface area contributed by atoms with Crippen molar-refractivity contribution < 1.29 is 9.59 Å². The molecule has 24 heavy (non-hydrogen) atoms. The van der Waals surface area contributed by atoms with Gasteiger partial charge in [-0.15, -0.1) is 0 Å². The smallest absolute Gasteiger partial charge is 0.231 e. The summed E-state index contributed by atoms with van der Waals surface area (Å²) >= 11 is 0. The molecule has 2 N–H and O–H groups in total. The van der Waals surface area contributed by atoms with E-state index < -0.39 is 5.41 Å². The number of carbonyl (C=O) groups is 2. The third-order valence-electron chi connectivity index (χ3n) is 4.91. The first-order valence-electron chi connectivity index (χ1n) is 8.82. The van der Waals surface area contributed by atoms with Crippen molar-refractivity contribution in [2.75, 3.05) is 5.32 Å². The highest BCUT2D eigenvalue weighted by Gasteiger charge is 2.43. The van der Waals surface area contributed by atoms with E-state index in [1.807, 2.05) is 52.8 Å². The van der Waals surface area contributed by atoms with Crippen LogP contribution < -0.4 is 10.6 Å². The van der Waals surface area contributed by atoms with Crippen molar-refractivity contribution in [2.24, 2.45) is 5.41 Å². The molecule has 0 bridgehead atoms. The third kappa shape index (κ3) is 4.37. The molecule has 1 aliphatic rings. The summed E-state index contributed by atoms with van der Waals surface area (Å²) < 4.78 is 0. The van der Waals surface area contributed by atoms with Gasteiger partial charge in [-0.2, -0.15) is 0 Å². The molecule has 0 unspecified atom stereocenters. The highest BCUT2D eigenvalue weighted by molar-refractivity contribution is 5.98. The minimum Gasteiger partial charge on any atom is -0.351 e. The van der Waals surface area contributed by atoms with Crippen molar-refractivity contribution in [3.05, 3.63) is 29.3 Å². The molecule has 4 nitrogen and oxygen atoms in total. The van der Waals surface area contributed by atoms with Gasteiger partial charge in [-0.25, -0.2) is 0 Å². The third-order valence-corrected chi connectivity index (χ3v) is 4.91. The van der Waals surface area contributed by atoms with Crippen LogP contribution in [0.5, 0.6) is 0 Å². The number of hydrogen-bond acceptors (Lipinski definition) is 2. The Labute approximate surface area is 145 Å². The first kappa shape index (κ1) is 18.5. The molecule has 0 spiro atoms. The quantitative estimate of drug-likeness (QED) is 0.873. The summed E-state index contributed by atoms with van der Waals surface area (Å²) in [5.41, 5.74) is 2.23. The first-order valence-corrected chi connectivity index (χ1v) is 8.82. The maximum atomic E-state index is 13.0. The molecule has 1 fully saturated rings. The number of rotatable bonds is 4. The van der Waals surface area contributed by atoms with Gasteiger partial charge in [0.1, 0.15) is 0 Å². The topological polar surface area (TPSA) is 58.2 Å². The van der Waals surface area contributed by atoms with Gasteiger partial charge >= 0.3 is 0 Å². The van der Waals surface area contributed by atoms with Crippen LogP contribution in [0.15, 0.2) is 18.2 Å². The molecule has 2 amide bonds. The predicted octanol–water partition coefficient (Wildman–Crippen LogP) is 4.11. The van der Waals surface area contributed by atoms with Crippen molar-refractivity contribution in [3.8, 4) is 0 Å². The Balaban J connectivity index is 2.16. The summed E-state index contributed by atoms with van der Waals surface area (Å²) in [5.74, 6) is -0.0572. The van der Waals surface area contributed by atoms with Gasteiger partial charge in [-0.05, 0) is 64.7 Å². The second kappa shape index (κ2) is 6.96. The highest BCUT2D eigenvalue weighted by Crippen LogP contribution is 2.42. The van der Waals surface area contributed by atoms with E-state index in [0.29, 0.717) is 0 Å². The monoisotopic (exact) mass is 330 g/mol. The fraction of sp³-hybridized carbons (Fsp3) is 0.600. The summed E-state index contributed by atoms with van der Waals surface area (Å²) in [7, 11) is 0. The van der Waals surface area contributed by atoms with E-state index in [-0.39, 0.29) is 23.8 Å². The zero-order chi connectivity index (χ0) is 18.0. The van der Waals surface area contributed by atoms with Gasteiger partial charge in [0.25, 0.3) is 0 Å². The maximum Gasteiger partial charge on any atom is 0.231 e. The molecule has 0 atom stereocenters. The average molecular weight is 330 g/mol. The SMILES string of the molecule is Cc1cccc(NC(=O)C2(CC(=O)NC(C)(C)C)CCCC2)c1C. The molecule has 0 radical (unpaired) electrons. The van der Waals surface area contributed by atoms with Crippen molar-refractivity contribution in [1.29, 1.82) is 0 Å². The highest BCUT2D eigenvalue weighted by atomic mass is 16.2. The largest absolute Gasteiger partial charge is 0.351 e. The number of anilines is 1. The van der Waals surface area contributed by atoms with Crippen LogP contribution >= 0.6 is 0 Å². The lowest BCUT2D eigenvalue weighted by Gasteiger charge is -2.29. The number of carbonyl (C=O) groups excluding carboxylic acids is 2. The Morgan fingerprint density at radius 1 is 1.12 bits per heavy atom. The number of nitrogens with one attached hydrogen (secondary N) is 2. The van der Waals surface area contributed by atoms with Crippen molar-refractivity contribution >= 4 is 17.5 Å². The molecule has 1 aromatic rings. The zero-order valence-corrected chi connectivity index (χ0v) is 15.6. The number of amides is 2. The van der Waals surface area contributed by atoms with E-state index in [4.69, 9.17) is 0 Å². The Bertz CT molecular complexity index is 623. The van der Waals surface area contributed by atoms with E-state index in [1.54, 1.807) is 0 Å². The lowest BCUT2D eigenvalue weighted by Crippen LogP contribution is -2.45. The van der Waals surface area contributed by atoms with E-state index in [1.165, 1.54) is 0 Å². The van der Waals surface area contributed by atoms with Crippen LogP contribution in [0.2, 0.25) is 0 Å². The molecule has 0 aliphatic heterocycles. The van der Waals surface area contributed by atoms with Crippen LogP contribution in [0.4, 0.5) is 5.69 Å². The van der Waals surface area contributed by atoms with Gasteiger partial charge in [0.2, 0.25) is 11.8 Å². The molecular formula is C20H30N2O2. The molecule has 0 heterocycles. The zero-order valence-electron chi connectivity index (χ0n) is 15.6. The first-order chi connectivity index (χ1) is 11.1. The van der Waals surface area contributed by atoms with Gasteiger partial charge in [-0.3, -0.25) is 9.59 Å². The Hall–Kier alpha value is -1.84. The molecular weight excluding hydrogens is 300 g/mol. The molecule has 1 aromatic carbocycles. The predicted molar refractivity (Wildman–Crippen MR) is 98.0 cm³/mol. The number of aryl methyl sites for hydroxylation is 1. The molecule has 0 aromatic heterocycles. The fourth-order valence-electron chi connectivity index (χ4n) is 3.45. The lowest BCUT2D eigenvalue weighted by molar-refractivity contribution is -0.133. The lowest BCUT2D eigenvalue weighted by atomic mass is 9.81. The average Bonchev–Trinajstić information content (AvgIpc) is 2.91. The van der Waals surface area contributed by atoms with Gasteiger partial charge in [0.05, 0.1) is 5.41 Å². The Morgan fingerprint density at radius 2 is 1.75 bits per heavy atom. The van der Waals surface area contributed by atoms with Crippen LogP contribution in [-0.4, -0.2) is 17.4 Å². The molecule has 1 aliphatic carbocycles. The van der Waals surface area contributed by atoms with E-state index >= 15 is 0 Å². The number of hydrogen-bond donors (Lipinski definition) is 2. The molecule has 0 saturated heterocycles. The summed E-state index contributed by atoms with van der Waals surface area (Å²) in [5, 5.41) is 6.07. The van der Waals surface area contributed by atoms with Crippen molar-refractivity contribution in [3.63, 3.8) is 0 Å². The van der Waals surface area contributed by atoms with Crippen LogP contribution in [-0.2, 0) is 9.59 Å². The van der Waals surface area contributed by atoms with Crippen LogP contribution in [0.1, 0.15) is 64.0 Å².